The molecule has 42 heavy (non-hydrogen) atoms. The summed E-state index contributed by atoms with van der Waals surface area (Å²) in [5.41, 5.74) is 12.7. The molecule has 0 radical (unpaired) electrons. The zero-order chi connectivity index (χ0) is 28.1. The minimum atomic E-state index is 0.903. The van der Waals surface area contributed by atoms with Crippen LogP contribution >= 0.6 is 0 Å². The van der Waals surface area contributed by atoms with Gasteiger partial charge in [0.2, 0.25) is 0 Å². The molecule has 2 aromatic rings. The van der Waals surface area contributed by atoms with Gasteiger partial charge in [0.05, 0.1) is 45.6 Å². The second-order valence-electron chi connectivity index (χ2n) is 10.9. The topological polar surface area (TPSA) is 49.4 Å². The van der Waals surface area contributed by atoms with E-state index >= 15 is 0 Å². The van der Waals surface area contributed by atoms with Crippen molar-refractivity contribution in [3.8, 4) is 0 Å². The molecule has 5 heterocycles. The number of aryl methyl sites for hydroxylation is 2. The molecule has 2 aromatic carbocycles. The summed E-state index contributed by atoms with van der Waals surface area (Å²) >= 11 is 0. The first-order valence-electron chi connectivity index (χ1n) is 14.8. The normalized spacial score (nSPS) is 18.4. The van der Waals surface area contributed by atoms with Gasteiger partial charge in [-0.05, 0) is 110 Å². The Kier molecular flexibility index (Phi) is 7.34. The van der Waals surface area contributed by atoms with Crippen molar-refractivity contribution in [1.82, 2.24) is 0 Å². The smallest absolute Gasteiger partial charge is 0.0691 e. The molecular weight excluding hydrogens is 512 g/mol. The fourth-order valence-electron chi connectivity index (χ4n) is 5.81. The summed E-state index contributed by atoms with van der Waals surface area (Å²) in [6, 6.07) is 21.3. The Balaban J connectivity index is 1.21. The first kappa shape index (κ1) is 26.0. The Morgan fingerprint density at radius 1 is 0.405 bits per heavy atom. The van der Waals surface area contributed by atoms with Gasteiger partial charge >= 0.3 is 0 Å². The van der Waals surface area contributed by atoms with Crippen molar-refractivity contribution in [2.75, 3.05) is 0 Å². The predicted molar refractivity (Wildman–Crippen MR) is 175 cm³/mol. The molecule has 0 aromatic heterocycles. The van der Waals surface area contributed by atoms with Crippen LogP contribution in [0, 0.1) is 0 Å². The van der Waals surface area contributed by atoms with Crippen LogP contribution in [0.15, 0.2) is 175 Å². The third-order valence-electron chi connectivity index (χ3n) is 7.94. The first-order valence-corrected chi connectivity index (χ1v) is 14.8. The molecular formula is C38H32N4. The van der Waals surface area contributed by atoms with Gasteiger partial charge in [-0.3, -0.25) is 0 Å². The van der Waals surface area contributed by atoms with Crippen LogP contribution in [0.5, 0.6) is 0 Å². The molecule has 0 amide bonds. The molecule has 0 fully saturated rings. The number of rotatable bonds is 8. The Bertz CT molecular complexity index is 1650. The van der Waals surface area contributed by atoms with Crippen LogP contribution in [0.25, 0.3) is 0 Å². The van der Waals surface area contributed by atoms with Crippen LogP contribution in [-0.4, -0.2) is 22.8 Å². The summed E-state index contributed by atoms with van der Waals surface area (Å²) < 4.78 is 0. The molecule has 0 aliphatic carbocycles. The van der Waals surface area contributed by atoms with Crippen molar-refractivity contribution in [2.24, 2.45) is 20.0 Å². The van der Waals surface area contributed by atoms with Crippen LogP contribution in [-0.2, 0) is 12.8 Å². The largest absolute Gasteiger partial charge is 0.249 e. The second kappa shape index (κ2) is 11.9. The number of allylic oxidation sites excluding steroid dienone is 12. The number of fused-ring (bicyclic) bond motifs is 4. The summed E-state index contributed by atoms with van der Waals surface area (Å²) in [6.45, 7) is 0. The van der Waals surface area contributed by atoms with Gasteiger partial charge in [-0.1, -0.05) is 60.7 Å². The van der Waals surface area contributed by atoms with E-state index in [0.29, 0.717) is 0 Å². The van der Waals surface area contributed by atoms with E-state index in [1.54, 1.807) is 0 Å². The van der Waals surface area contributed by atoms with E-state index in [2.05, 4.69) is 121 Å². The summed E-state index contributed by atoms with van der Waals surface area (Å²) in [7, 11) is 0. The fourth-order valence-corrected chi connectivity index (χ4v) is 5.81. The van der Waals surface area contributed by atoms with Crippen molar-refractivity contribution in [1.29, 1.82) is 0 Å². The third kappa shape index (κ3) is 5.89. The van der Waals surface area contributed by atoms with E-state index in [-0.39, 0.29) is 0 Å². The highest BCUT2D eigenvalue weighted by atomic mass is 14.8. The van der Waals surface area contributed by atoms with Crippen LogP contribution in [0.1, 0.15) is 36.8 Å². The molecule has 4 nitrogen and oxygen atoms in total. The molecule has 0 atom stereocenters. The zero-order valence-corrected chi connectivity index (χ0v) is 23.6. The Labute approximate surface area is 247 Å². The average molecular weight is 545 g/mol. The van der Waals surface area contributed by atoms with Gasteiger partial charge in [0.1, 0.15) is 0 Å². The van der Waals surface area contributed by atoms with Crippen LogP contribution < -0.4 is 0 Å². The maximum absolute atomic E-state index is 5.03. The number of nitrogens with zero attached hydrogens (tertiary/aromatic N) is 4. The van der Waals surface area contributed by atoms with Crippen molar-refractivity contribution in [3.63, 3.8) is 0 Å². The third-order valence-corrected chi connectivity index (χ3v) is 7.94. The molecule has 204 valence electrons. The van der Waals surface area contributed by atoms with Crippen LogP contribution in [0.2, 0.25) is 0 Å². The molecule has 5 aliphatic heterocycles. The minimum absolute atomic E-state index is 0.903. The highest BCUT2D eigenvalue weighted by molar-refractivity contribution is 6.17. The van der Waals surface area contributed by atoms with Gasteiger partial charge in [-0.25, -0.2) is 20.0 Å². The molecule has 0 saturated carbocycles. The van der Waals surface area contributed by atoms with Gasteiger partial charge in [-0.15, -0.1) is 0 Å². The SMILES string of the molecule is C1=CC2=NC1=CC1=NC(=C(CCCc3ccccc3)C3=NC(=CC4=NC(=C2CCCc2ccccc2)C=C4)C=C3)C=C1. The number of aliphatic imine (C=N–C) groups is 4. The van der Waals surface area contributed by atoms with Gasteiger partial charge < -0.3 is 0 Å². The van der Waals surface area contributed by atoms with Crippen LogP contribution in [0.4, 0.5) is 0 Å². The standard InChI is InChI=1S/C38H32N4/c1-3-9-27(10-4-1)13-7-15-33-35-21-17-29(39-35)25-31-19-23-37(41-31)34(16-8-14-28-11-5-2-6-12-28)38-24-20-32(42-38)26-30-18-22-36(33)40-30/h1-6,9-12,17-26H,7-8,13-16H2. The number of benzene rings is 2. The monoisotopic (exact) mass is 544 g/mol. The highest BCUT2D eigenvalue weighted by Crippen LogP contribution is 2.29. The molecule has 7 rings (SSSR count). The molecule has 0 N–H and O–H groups in total. The Morgan fingerprint density at radius 2 is 0.857 bits per heavy atom. The lowest BCUT2D eigenvalue weighted by molar-refractivity contribution is 0.825. The average Bonchev–Trinajstić information content (AvgIpc) is 3.84. The van der Waals surface area contributed by atoms with E-state index in [1.807, 2.05) is 0 Å². The lowest BCUT2D eigenvalue weighted by atomic mass is 9.99. The second-order valence-corrected chi connectivity index (χ2v) is 10.9. The molecule has 5 aliphatic rings. The van der Waals surface area contributed by atoms with Gasteiger partial charge in [-0.2, -0.15) is 0 Å². The zero-order valence-electron chi connectivity index (χ0n) is 23.6. The minimum Gasteiger partial charge on any atom is -0.249 e. The number of hydrogen-bond acceptors (Lipinski definition) is 4. The van der Waals surface area contributed by atoms with Gasteiger partial charge in [0, 0.05) is 11.1 Å². The lowest BCUT2D eigenvalue weighted by Crippen LogP contribution is -2.02. The predicted octanol–water partition coefficient (Wildman–Crippen LogP) is 8.37. The maximum Gasteiger partial charge on any atom is 0.0691 e. The van der Waals surface area contributed by atoms with E-state index in [9.17, 15) is 0 Å². The van der Waals surface area contributed by atoms with Gasteiger partial charge in [0.25, 0.3) is 0 Å². The number of hydrogen-bond donors (Lipinski definition) is 0. The first-order chi connectivity index (χ1) is 20.8. The maximum atomic E-state index is 5.03. The van der Waals surface area contributed by atoms with Crippen molar-refractivity contribution in [2.45, 2.75) is 38.5 Å². The highest BCUT2D eigenvalue weighted by Gasteiger charge is 2.20. The van der Waals surface area contributed by atoms with E-state index in [4.69, 9.17) is 20.0 Å². The van der Waals surface area contributed by atoms with Crippen molar-refractivity contribution in [3.05, 3.63) is 166 Å². The van der Waals surface area contributed by atoms with Crippen molar-refractivity contribution < 1.29 is 0 Å². The Morgan fingerprint density at radius 3 is 1.31 bits per heavy atom. The van der Waals surface area contributed by atoms with E-state index in [1.165, 1.54) is 22.3 Å². The van der Waals surface area contributed by atoms with Gasteiger partial charge in [0.15, 0.2) is 0 Å². The molecule has 4 heteroatoms. The quantitative estimate of drug-likeness (QED) is 0.321. The summed E-state index contributed by atoms with van der Waals surface area (Å²) in [6.07, 6.45) is 26.9. The fraction of sp³-hybridized carbons (Fsp3) is 0.158. The summed E-state index contributed by atoms with van der Waals surface area (Å²) in [5.74, 6) is 0. The Hall–Kier alpha value is -4.96. The van der Waals surface area contributed by atoms with Crippen molar-refractivity contribution >= 4 is 22.8 Å². The molecule has 0 saturated heterocycles. The summed E-state index contributed by atoms with van der Waals surface area (Å²) in [5, 5.41) is 0. The lowest BCUT2D eigenvalue weighted by Gasteiger charge is -2.09. The molecule has 0 unspecified atom stereocenters. The van der Waals surface area contributed by atoms with Crippen LogP contribution in [0.3, 0.4) is 0 Å². The van der Waals surface area contributed by atoms with E-state index < -0.39 is 0 Å². The van der Waals surface area contributed by atoms with E-state index in [0.717, 1.165) is 84.2 Å². The molecule has 8 bridgehead atoms. The summed E-state index contributed by atoms with van der Waals surface area (Å²) in [4.78, 5) is 20.1. The molecule has 0 spiro atoms.